The first-order valence-electron chi connectivity index (χ1n) is 7.99. The minimum atomic E-state index is -0.405. The van der Waals surface area contributed by atoms with Crippen molar-refractivity contribution in [3.63, 3.8) is 0 Å². The van der Waals surface area contributed by atoms with Gasteiger partial charge >= 0.3 is 5.97 Å². The van der Waals surface area contributed by atoms with Crippen LogP contribution in [0, 0.1) is 12.3 Å². The van der Waals surface area contributed by atoms with E-state index in [1.54, 1.807) is 10.9 Å². The first-order valence-corrected chi connectivity index (χ1v) is 7.99. The molecule has 0 spiro atoms. The molecule has 5 heteroatoms. The topological polar surface area (TPSA) is 61.2 Å². The molecule has 2 aromatic rings. The Kier molecular flexibility index (Phi) is 5.54. The molecule has 0 radical (unpaired) electrons. The average molecular weight is 328 g/mol. The summed E-state index contributed by atoms with van der Waals surface area (Å²) in [6.07, 6.45) is 4.52. The lowest BCUT2D eigenvalue weighted by Crippen LogP contribution is -2.23. The minimum Gasteiger partial charge on any atom is -0.469 e. The number of nitrogens with zero attached hydrogens (tertiary/aromatic N) is 2. The maximum absolute atomic E-state index is 12.5. The number of ketones is 1. The molecule has 0 aliphatic heterocycles. The molecule has 0 unspecified atom stereocenters. The van der Waals surface area contributed by atoms with E-state index in [2.05, 4.69) is 5.10 Å². The van der Waals surface area contributed by atoms with Gasteiger partial charge in [-0.1, -0.05) is 19.9 Å². The molecular weight excluding hydrogens is 304 g/mol. The molecule has 0 N–H and O–H groups in total. The molecule has 2 rings (SSSR count). The zero-order chi connectivity index (χ0) is 17.7. The fourth-order valence-corrected chi connectivity index (χ4v) is 2.75. The predicted molar refractivity (Wildman–Crippen MR) is 92.0 cm³/mol. The lowest BCUT2D eigenvalue weighted by Gasteiger charge is -2.22. The van der Waals surface area contributed by atoms with E-state index in [9.17, 15) is 9.59 Å². The van der Waals surface area contributed by atoms with Crippen LogP contribution >= 0.6 is 0 Å². The van der Waals surface area contributed by atoms with Crippen LogP contribution in [0.25, 0.3) is 5.69 Å². The van der Waals surface area contributed by atoms with E-state index in [1.165, 1.54) is 7.11 Å². The number of methoxy groups -OCH3 is 1. The highest BCUT2D eigenvalue weighted by molar-refractivity contribution is 5.82. The molecule has 0 saturated carbocycles. The molecule has 24 heavy (non-hydrogen) atoms. The summed E-state index contributed by atoms with van der Waals surface area (Å²) in [4.78, 5) is 23.9. The number of rotatable bonds is 7. The molecule has 5 nitrogen and oxygen atoms in total. The van der Waals surface area contributed by atoms with E-state index in [-0.39, 0.29) is 18.2 Å². The van der Waals surface area contributed by atoms with Gasteiger partial charge in [0.2, 0.25) is 0 Å². The molecule has 0 amide bonds. The molecule has 1 aromatic carbocycles. The molecular formula is C19H24N2O3. The van der Waals surface area contributed by atoms with E-state index < -0.39 is 5.41 Å². The molecule has 128 valence electrons. The fourth-order valence-electron chi connectivity index (χ4n) is 2.75. The maximum Gasteiger partial charge on any atom is 0.306 e. The maximum atomic E-state index is 12.5. The third-order valence-corrected chi connectivity index (χ3v) is 4.02. The van der Waals surface area contributed by atoms with Crippen molar-refractivity contribution < 1.29 is 14.3 Å². The number of hydrogen-bond acceptors (Lipinski definition) is 4. The van der Waals surface area contributed by atoms with Crippen molar-refractivity contribution in [3.05, 3.63) is 47.8 Å². The first kappa shape index (κ1) is 17.9. The highest BCUT2D eigenvalue weighted by Gasteiger charge is 2.26. The Morgan fingerprint density at radius 1 is 1.25 bits per heavy atom. The van der Waals surface area contributed by atoms with Crippen LogP contribution in [0.2, 0.25) is 0 Å². The minimum absolute atomic E-state index is 0.115. The van der Waals surface area contributed by atoms with E-state index in [4.69, 9.17) is 4.74 Å². The third-order valence-electron chi connectivity index (χ3n) is 4.02. The van der Waals surface area contributed by atoms with Gasteiger partial charge < -0.3 is 4.74 Å². The summed E-state index contributed by atoms with van der Waals surface area (Å²) in [7, 11) is 1.37. The molecule has 1 aromatic heterocycles. The van der Waals surface area contributed by atoms with Gasteiger partial charge in [0.05, 0.1) is 19.2 Å². The van der Waals surface area contributed by atoms with Crippen LogP contribution < -0.4 is 0 Å². The monoisotopic (exact) mass is 328 g/mol. The average Bonchev–Trinajstić information content (AvgIpc) is 3.02. The van der Waals surface area contributed by atoms with Crippen molar-refractivity contribution in [3.8, 4) is 5.69 Å². The standard InChI is InChI=1S/C19H24N2O3/c1-14-6-7-16(21-9-5-8-20-21)10-15(14)11-17(22)12-19(2,3)13-18(23)24-4/h5-10H,11-13H2,1-4H3. The summed E-state index contributed by atoms with van der Waals surface area (Å²) >= 11 is 0. The van der Waals surface area contributed by atoms with Crippen LogP contribution in [0.1, 0.15) is 37.8 Å². The van der Waals surface area contributed by atoms with Gasteiger partial charge in [0.1, 0.15) is 5.78 Å². The number of Topliss-reactive ketones (excluding diaryl/α,β-unsaturated/α-hetero) is 1. The fraction of sp³-hybridized carbons (Fsp3) is 0.421. The smallest absolute Gasteiger partial charge is 0.306 e. The highest BCUT2D eigenvalue weighted by Crippen LogP contribution is 2.27. The molecule has 0 aliphatic carbocycles. The van der Waals surface area contributed by atoms with Crippen molar-refractivity contribution in [1.29, 1.82) is 0 Å². The van der Waals surface area contributed by atoms with Crippen LogP contribution in [0.3, 0.4) is 0 Å². The van der Waals surface area contributed by atoms with E-state index in [1.807, 2.05) is 51.2 Å². The second-order valence-corrected chi connectivity index (χ2v) is 6.87. The summed E-state index contributed by atoms with van der Waals surface area (Å²) in [5.74, 6) is -0.172. The highest BCUT2D eigenvalue weighted by atomic mass is 16.5. The Morgan fingerprint density at radius 3 is 2.62 bits per heavy atom. The number of esters is 1. The summed E-state index contributed by atoms with van der Waals surface area (Å²) < 4.78 is 6.47. The Morgan fingerprint density at radius 2 is 2.00 bits per heavy atom. The Hall–Kier alpha value is -2.43. The van der Waals surface area contributed by atoms with Crippen molar-refractivity contribution in [1.82, 2.24) is 9.78 Å². The summed E-state index contributed by atoms with van der Waals surface area (Å²) in [6.45, 7) is 5.82. The number of carbonyl (C=O) groups is 2. The number of aromatic nitrogens is 2. The summed E-state index contributed by atoms with van der Waals surface area (Å²) in [6, 6.07) is 7.84. The zero-order valence-electron chi connectivity index (χ0n) is 14.7. The molecule has 0 fully saturated rings. The van der Waals surface area contributed by atoms with Crippen LogP contribution in [-0.2, 0) is 20.7 Å². The SMILES string of the molecule is COC(=O)CC(C)(C)CC(=O)Cc1cc(-n2cccn2)ccc1C. The number of ether oxygens (including phenoxy) is 1. The Labute approximate surface area is 142 Å². The van der Waals surface area contributed by atoms with Crippen LogP contribution in [0.4, 0.5) is 0 Å². The van der Waals surface area contributed by atoms with Crippen molar-refractivity contribution in [2.24, 2.45) is 5.41 Å². The van der Waals surface area contributed by atoms with Gasteiger partial charge in [0, 0.05) is 25.2 Å². The largest absolute Gasteiger partial charge is 0.469 e. The van der Waals surface area contributed by atoms with Gasteiger partial charge in [-0.2, -0.15) is 5.10 Å². The zero-order valence-corrected chi connectivity index (χ0v) is 14.7. The summed E-state index contributed by atoms with van der Waals surface area (Å²) in [5.41, 5.74) is 2.59. The molecule has 0 saturated heterocycles. The molecule has 0 aliphatic rings. The lowest BCUT2D eigenvalue weighted by atomic mass is 9.82. The van der Waals surface area contributed by atoms with E-state index >= 15 is 0 Å². The van der Waals surface area contributed by atoms with E-state index in [0.717, 1.165) is 16.8 Å². The number of carbonyl (C=O) groups excluding carboxylic acids is 2. The quantitative estimate of drug-likeness (QED) is 0.732. The Balaban J connectivity index is 2.08. The van der Waals surface area contributed by atoms with Crippen LogP contribution in [-0.4, -0.2) is 28.6 Å². The van der Waals surface area contributed by atoms with Gasteiger partial charge in [-0.15, -0.1) is 0 Å². The van der Waals surface area contributed by atoms with Crippen LogP contribution in [0.15, 0.2) is 36.7 Å². The van der Waals surface area contributed by atoms with Crippen molar-refractivity contribution >= 4 is 11.8 Å². The number of hydrogen-bond donors (Lipinski definition) is 0. The molecule has 1 heterocycles. The normalized spacial score (nSPS) is 11.3. The number of aryl methyl sites for hydroxylation is 1. The van der Waals surface area contributed by atoms with Gasteiger partial charge in [-0.05, 0) is 41.7 Å². The molecule has 0 atom stereocenters. The second kappa shape index (κ2) is 7.43. The Bertz CT molecular complexity index is 718. The van der Waals surface area contributed by atoms with Crippen LogP contribution in [0.5, 0.6) is 0 Å². The van der Waals surface area contributed by atoms with Gasteiger partial charge in [-0.3, -0.25) is 9.59 Å². The van der Waals surface area contributed by atoms with Crippen molar-refractivity contribution in [2.45, 2.75) is 40.0 Å². The van der Waals surface area contributed by atoms with Gasteiger partial charge in [0.15, 0.2) is 0 Å². The predicted octanol–water partition coefficient (Wildman–Crippen LogP) is 3.27. The second-order valence-electron chi connectivity index (χ2n) is 6.87. The van der Waals surface area contributed by atoms with Crippen molar-refractivity contribution in [2.75, 3.05) is 7.11 Å². The van der Waals surface area contributed by atoms with Gasteiger partial charge in [0.25, 0.3) is 0 Å². The first-order chi connectivity index (χ1) is 11.3. The summed E-state index contributed by atoms with van der Waals surface area (Å²) in [5, 5.41) is 4.22. The number of benzene rings is 1. The lowest BCUT2D eigenvalue weighted by molar-refractivity contribution is -0.143. The van der Waals surface area contributed by atoms with Gasteiger partial charge in [-0.25, -0.2) is 4.68 Å². The molecule has 0 bridgehead atoms. The van der Waals surface area contributed by atoms with E-state index in [0.29, 0.717) is 12.8 Å². The third kappa shape index (κ3) is 4.78.